The monoisotopic (exact) mass is 407 g/mol. The lowest BCUT2D eigenvalue weighted by molar-refractivity contribution is 0.102. The summed E-state index contributed by atoms with van der Waals surface area (Å²) < 4.78 is 2.84. The first-order chi connectivity index (χ1) is 12.6. The standard InChI is InChI=1S/C17H21N5OS3/c1-4-5-6-18-15-20-21-17(26-15)25-10-14(23)13-9-11(2)22(12(13)3)16-19-7-8-24-16/h7-9H,4-6,10H2,1-3H3,(H,18,20). The number of carbonyl (C=O) groups is 1. The van der Waals surface area contributed by atoms with Crippen molar-refractivity contribution in [1.29, 1.82) is 0 Å². The van der Waals surface area contributed by atoms with E-state index in [0.717, 1.165) is 50.9 Å². The molecule has 0 aromatic carbocycles. The van der Waals surface area contributed by atoms with Gasteiger partial charge in [0.05, 0.1) is 5.75 Å². The molecule has 3 rings (SSSR count). The number of rotatable bonds is 9. The largest absolute Gasteiger partial charge is 0.360 e. The van der Waals surface area contributed by atoms with Gasteiger partial charge in [-0.2, -0.15) is 0 Å². The Balaban J connectivity index is 1.63. The molecule has 0 aliphatic carbocycles. The van der Waals surface area contributed by atoms with E-state index < -0.39 is 0 Å². The summed E-state index contributed by atoms with van der Waals surface area (Å²) in [6.07, 6.45) is 4.02. The van der Waals surface area contributed by atoms with Gasteiger partial charge >= 0.3 is 0 Å². The zero-order valence-electron chi connectivity index (χ0n) is 15.0. The van der Waals surface area contributed by atoms with E-state index in [4.69, 9.17) is 0 Å². The molecule has 0 saturated carbocycles. The molecule has 0 fully saturated rings. The number of hydrogen-bond acceptors (Lipinski definition) is 8. The smallest absolute Gasteiger partial charge is 0.206 e. The molecule has 0 unspecified atom stereocenters. The van der Waals surface area contributed by atoms with Crippen molar-refractivity contribution in [2.24, 2.45) is 0 Å². The average Bonchev–Trinajstić information content (AvgIpc) is 3.34. The third kappa shape index (κ3) is 4.33. The second kappa shape index (κ2) is 8.79. The summed E-state index contributed by atoms with van der Waals surface area (Å²) in [5, 5.41) is 15.2. The summed E-state index contributed by atoms with van der Waals surface area (Å²) in [6, 6.07) is 1.94. The number of aromatic nitrogens is 4. The summed E-state index contributed by atoms with van der Waals surface area (Å²) >= 11 is 4.49. The third-order valence-corrected chi connectivity index (χ3v) is 6.65. The minimum atomic E-state index is 0.0987. The number of nitrogens with one attached hydrogen (secondary N) is 1. The minimum Gasteiger partial charge on any atom is -0.360 e. The zero-order chi connectivity index (χ0) is 18.5. The van der Waals surface area contributed by atoms with Gasteiger partial charge < -0.3 is 5.32 Å². The molecule has 0 radical (unpaired) electrons. The summed E-state index contributed by atoms with van der Waals surface area (Å²) in [4.78, 5) is 17.0. The number of ketones is 1. The SMILES string of the molecule is CCCCNc1nnc(SCC(=O)c2cc(C)n(-c3nccs3)c2C)s1. The number of nitrogens with zero attached hydrogens (tertiary/aromatic N) is 4. The van der Waals surface area contributed by atoms with Gasteiger partial charge in [0.25, 0.3) is 0 Å². The number of anilines is 1. The zero-order valence-corrected chi connectivity index (χ0v) is 17.4. The van der Waals surface area contributed by atoms with Crippen LogP contribution in [0.25, 0.3) is 5.13 Å². The van der Waals surface area contributed by atoms with Crippen LogP contribution >= 0.6 is 34.4 Å². The van der Waals surface area contributed by atoms with E-state index in [1.807, 2.05) is 29.9 Å². The lowest BCUT2D eigenvalue weighted by Crippen LogP contribution is -2.05. The van der Waals surface area contributed by atoms with Gasteiger partial charge in [0, 0.05) is 35.1 Å². The molecule has 9 heteroatoms. The molecule has 6 nitrogen and oxygen atoms in total. The number of unbranched alkanes of at least 4 members (excludes halogenated alkanes) is 1. The highest BCUT2D eigenvalue weighted by Gasteiger charge is 2.18. The molecule has 0 aliphatic rings. The third-order valence-electron chi connectivity index (χ3n) is 3.88. The number of thioether (sulfide) groups is 1. The van der Waals surface area contributed by atoms with Crippen molar-refractivity contribution in [1.82, 2.24) is 19.7 Å². The van der Waals surface area contributed by atoms with Crippen molar-refractivity contribution in [2.75, 3.05) is 17.6 Å². The summed E-state index contributed by atoms with van der Waals surface area (Å²) in [5.41, 5.74) is 2.70. The van der Waals surface area contributed by atoms with E-state index in [1.165, 1.54) is 23.1 Å². The molecule has 26 heavy (non-hydrogen) atoms. The van der Waals surface area contributed by atoms with E-state index in [-0.39, 0.29) is 5.78 Å². The van der Waals surface area contributed by atoms with E-state index in [2.05, 4.69) is 27.4 Å². The molecule has 0 bridgehead atoms. The van der Waals surface area contributed by atoms with Gasteiger partial charge in [0.15, 0.2) is 15.3 Å². The van der Waals surface area contributed by atoms with Gasteiger partial charge in [-0.25, -0.2) is 4.98 Å². The molecule has 0 spiro atoms. The molecule has 0 saturated heterocycles. The maximum absolute atomic E-state index is 12.7. The van der Waals surface area contributed by atoms with Crippen LogP contribution in [-0.2, 0) is 0 Å². The van der Waals surface area contributed by atoms with Crippen LogP contribution in [0, 0.1) is 13.8 Å². The van der Waals surface area contributed by atoms with Gasteiger partial charge in [-0.1, -0.05) is 36.4 Å². The average molecular weight is 408 g/mol. The topological polar surface area (TPSA) is 72.7 Å². The number of carbonyl (C=O) groups excluding carboxylic acids is 1. The van der Waals surface area contributed by atoms with Crippen LogP contribution < -0.4 is 5.32 Å². The lowest BCUT2D eigenvalue weighted by Gasteiger charge is -2.05. The Labute approximate surface area is 165 Å². The highest BCUT2D eigenvalue weighted by molar-refractivity contribution is 8.01. The number of aryl methyl sites for hydroxylation is 1. The first kappa shape index (κ1) is 19.1. The molecular weight excluding hydrogens is 386 g/mol. The Morgan fingerprint density at radius 2 is 2.19 bits per heavy atom. The molecule has 0 atom stereocenters. The second-order valence-electron chi connectivity index (χ2n) is 5.80. The van der Waals surface area contributed by atoms with Crippen molar-refractivity contribution in [3.63, 3.8) is 0 Å². The Morgan fingerprint density at radius 3 is 2.92 bits per heavy atom. The van der Waals surface area contributed by atoms with Crippen LogP contribution in [0.4, 0.5) is 5.13 Å². The van der Waals surface area contributed by atoms with Crippen molar-refractivity contribution in [3.05, 3.63) is 34.6 Å². The first-order valence-electron chi connectivity index (χ1n) is 8.42. The van der Waals surface area contributed by atoms with Crippen molar-refractivity contribution in [2.45, 2.75) is 38.0 Å². The van der Waals surface area contributed by atoms with E-state index >= 15 is 0 Å². The number of hydrogen-bond donors (Lipinski definition) is 1. The maximum Gasteiger partial charge on any atom is 0.206 e. The summed E-state index contributed by atoms with van der Waals surface area (Å²) in [7, 11) is 0. The van der Waals surface area contributed by atoms with Crippen molar-refractivity contribution in [3.8, 4) is 5.13 Å². The number of thiazole rings is 1. The molecular formula is C17H21N5OS3. The molecule has 0 aliphatic heterocycles. The Morgan fingerprint density at radius 1 is 1.35 bits per heavy atom. The number of Topliss-reactive ketones (excluding diaryl/α,β-unsaturated/α-hetero) is 1. The maximum atomic E-state index is 12.7. The minimum absolute atomic E-state index is 0.0987. The predicted molar refractivity (Wildman–Crippen MR) is 109 cm³/mol. The van der Waals surface area contributed by atoms with Gasteiger partial charge in [0.2, 0.25) is 5.13 Å². The molecule has 3 aromatic rings. The molecule has 3 heterocycles. The van der Waals surface area contributed by atoms with Crippen molar-refractivity contribution >= 4 is 45.4 Å². The Kier molecular flexibility index (Phi) is 6.44. The molecule has 1 N–H and O–H groups in total. The van der Waals surface area contributed by atoms with Crippen LogP contribution in [-0.4, -0.2) is 37.8 Å². The van der Waals surface area contributed by atoms with Gasteiger partial charge in [0.1, 0.15) is 0 Å². The fraction of sp³-hybridized carbons (Fsp3) is 0.412. The van der Waals surface area contributed by atoms with Crippen LogP contribution in [0.1, 0.15) is 41.5 Å². The van der Waals surface area contributed by atoms with E-state index in [1.54, 1.807) is 17.5 Å². The van der Waals surface area contributed by atoms with Crippen LogP contribution in [0.3, 0.4) is 0 Å². The lowest BCUT2D eigenvalue weighted by atomic mass is 10.2. The van der Waals surface area contributed by atoms with Gasteiger partial charge in [-0.05, 0) is 26.3 Å². The van der Waals surface area contributed by atoms with E-state index in [9.17, 15) is 4.79 Å². The molecule has 3 aromatic heterocycles. The fourth-order valence-electron chi connectivity index (χ4n) is 2.58. The van der Waals surface area contributed by atoms with Gasteiger partial charge in [-0.3, -0.25) is 9.36 Å². The van der Waals surface area contributed by atoms with Crippen LogP contribution in [0.15, 0.2) is 22.0 Å². The van der Waals surface area contributed by atoms with Crippen LogP contribution in [0.5, 0.6) is 0 Å². The highest BCUT2D eigenvalue weighted by Crippen LogP contribution is 2.28. The Hall–Kier alpha value is -1.71. The summed E-state index contributed by atoms with van der Waals surface area (Å²) in [6.45, 7) is 7.02. The fourth-order valence-corrected chi connectivity index (χ4v) is 4.99. The van der Waals surface area contributed by atoms with Crippen LogP contribution in [0.2, 0.25) is 0 Å². The van der Waals surface area contributed by atoms with Crippen molar-refractivity contribution < 1.29 is 4.79 Å². The molecule has 0 amide bonds. The second-order valence-corrected chi connectivity index (χ2v) is 8.87. The normalized spacial score (nSPS) is 11.0. The Bertz CT molecular complexity index is 869. The highest BCUT2D eigenvalue weighted by atomic mass is 32.2. The first-order valence-corrected chi connectivity index (χ1v) is 11.1. The van der Waals surface area contributed by atoms with E-state index in [0.29, 0.717) is 5.75 Å². The quantitative estimate of drug-likeness (QED) is 0.318. The summed E-state index contributed by atoms with van der Waals surface area (Å²) in [5.74, 6) is 0.452. The molecule has 138 valence electrons. The predicted octanol–water partition coefficient (Wildman–Crippen LogP) is 4.59. The van der Waals surface area contributed by atoms with Gasteiger partial charge in [-0.15, -0.1) is 21.5 Å².